The molecule has 1 heterocycles. The fraction of sp³-hybridized carbons (Fsp3) is 0.900. The van der Waals surface area contributed by atoms with Gasteiger partial charge in [0.15, 0.2) is 5.17 Å². The molecule has 0 aromatic carbocycles. The van der Waals surface area contributed by atoms with Crippen molar-refractivity contribution in [3.05, 3.63) is 0 Å². The van der Waals surface area contributed by atoms with Crippen molar-refractivity contribution in [2.45, 2.75) is 31.1 Å². The Kier molecular flexibility index (Phi) is 3.72. The number of thioether (sulfide) groups is 1. The van der Waals surface area contributed by atoms with Gasteiger partial charge in [0.2, 0.25) is 0 Å². The van der Waals surface area contributed by atoms with Crippen LogP contribution in [0.1, 0.15) is 19.8 Å². The summed E-state index contributed by atoms with van der Waals surface area (Å²) < 4.78 is 11.0. The maximum absolute atomic E-state index is 11.0. The van der Waals surface area contributed by atoms with E-state index in [1.54, 1.807) is 6.26 Å². The van der Waals surface area contributed by atoms with E-state index < -0.39 is 10.8 Å². The molecular formula is C10H18N2OS2. The summed E-state index contributed by atoms with van der Waals surface area (Å²) in [5.41, 5.74) is 0. The second-order valence-electron chi connectivity index (χ2n) is 4.42. The molecule has 0 bridgehead atoms. The van der Waals surface area contributed by atoms with E-state index in [1.807, 2.05) is 11.8 Å². The first-order valence-electron chi connectivity index (χ1n) is 5.43. The highest BCUT2D eigenvalue weighted by Gasteiger charge is 2.35. The molecule has 0 amide bonds. The van der Waals surface area contributed by atoms with Crippen molar-refractivity contribution in [2.24, 2.45) is 10.9 Å². The number of nitrogens with one attached hydrogen (secondary N) is 1. The van der Waals surface area contributed by atoms with Crippen LogP contribution in [-0.2, 0) is 10.8 Å². The highest BCUT2D eigenvalue weighted by atomic mass is 32.2. The van der Waals surface area contributed by atoms with E-state index >= 15 is 0 Å². The lowest BCUT2D eigenvalue weighted by Crippen LogP contribution is -2.34. The largest absolute Gasteiger partial charge is 0.362 e. The molecule has 1 saturated carbocycles. The number of amidine groups is 1. The fourth-order valence-corrected chi connectivity index (χ4v) is 3.89. The van der Waals surface area contributed by atoms with Gasteiger partial charge in [0.25, 0.3) is 0 Å². The van der Waals surface area contributed by atoms with E-state index in [1.165, 1.54) is 12.8 Å². The van der Waals surface area contributed by atoms with Crippen LogP contribution in [-0.4, -0.2) is 39.2 Å². The molecule has 1 aliphatic carbocycles. The standard InChI is InChI=1S/C10H18N2OS2/c1-7(6-15(2)13)12-10-11-5-9(14-10)8-3-4-8/h7-9H,3-6H2,1-2H3,(H,11,12). The quantitative estimate of drug-likeness (QED) is 0.811. The van der Waals surface area contributed by atoms with Crippen molar-refractivity contribution in [1.82, 2.24) is 5.32 Å². The monoisotopic (exact) mass is 246 g/mol. The summed E-state index contributed by atoms with van der Waals surface area (Å²) in [6, 6.07) is 0.264. The second kappa shape index (κ2) is 4.87. The molecule has 3 atom stereocenters. The van der Waals surface area contributed by atoms with Gasteiger partial charge < -0.3 is 5.32 Å². The smallest absolute Gasteiger partial charge is 0.157 e. The lowest BCUT2D eigenvalue weighted by atomic mass is 10.3. The van der Waals surface area contributed by atoms with Gasteiger partial charge in [-0.3, -0.25) is 9.20 Å². The van der Waals surface area contributed by atoms with E-state index in [0.29, 0.717) is 11.0 Å². The molecule has 1 aliphatic heterocycles. The van der Waals surface area contributed by atoms with E-state index in [2.05, 4.69) is 17.2 Å². The minimum atomic E-state index is -0.728. The van der Waals surface area contributed by atoms with Crippen molar-refractivity contribution in [3.8, 4) is 0 Å². The zero-order chi connectivity index (χ0) is 10.8. The predicted molar refractivity (Wildman–Crippen MR) is 67.9 cm³/mol. The van der Waals surface area contributed by atoms with Crippen LogP contribution >= 0.6 is 11.8 Å². The Balaban J connectivity index is 1.73. The van der Waals surface area contributed by atoms with Crippen LogP contribution < -0.4 is 5.32 Å². The van der Waals surface area contributed by atoms with Crippen LogP contribution in [0.4, 0.5) is 0 Å². The van der Waals surface area contributed by atoms with Gasteiger partial charge in [-0.15, -0.1) is 0 Å². The lowest BCUT2D eigenvalue weighted by Gasteiger charge is -2.13. The first-order chi connectivity index (χ1) is 7.15. The number of hydrogen-bond acceptors (Lipinski definition) is 4. The molecule has 0 saturated heterocycles. The van der Waals surface area contributed by atoms with Gasteiger partial charge in [0, 0.05) is 34.1 Å². The van der Waals surface area contributed by atoms with Gasteiger partial charge in [-0.25, -0.2) is 0 Å². The van der Waals surface area contributed by atoms with E-state index in [9.17, 15) is 4.21 Å². The van der Waals surface area contributed by atoms with Crippen molar-refractivity contribution in [2.75, 3.05) is 18.6 Å². The Morgan fingerprint density at radius 2 is 2.40 bits per heavy atom. The van der Waals surface area contributed by atoms with Gasteiger partial charge in [-0.1, -0.05) is 11.8 Å². The molecule has 0 radical (unpaired) electrons. The minimum Gasteiger partial charge on any atom is -0.362 e. The Morgan fingerprint density at radius 1 is 1.67 bits per heavy atom. The molecule has 2 rings (SSSR count). The lowest BCUT2D eigenvalue weighted by molar-refractivity contribution is 0.672. The Morgan fingerprint density at radius 3 is 3.00 bits per heavy atom. The molecule has 1 fully saturated rings. The fourth-order valence-electron chi connectivity index (χ4n) is 1.79. The first kappa shape index (κ1) is 11.5. The third kappa shape index (κ3) is 3.48. The molecule has 2 aliphatic rings. The molecule has 0 aromatic heterocycles. The zero-order valence-corrected chi connectivity index (χ0v) is 10.9. The van der Waals surface area contributed by atoms with Crippen LogP contribution in [0.2, 0.25) is 0 Å². The molecule has 0 spiro atoms. The average molecular weight is 246 g/mol. The third-order valence-electron chi connectivity index (χ3n) is 2.68. The normalized spacial score (nSPS) is 29.7. The molecule has 0 aromatic rings. The molecule has 86 valence electrons. The third-order valence-corrected chi connectivity index (χ3v) is 4.96. The van der Waals surface area contributed by atoms with E-state index in [-0.39, 0.29) is 6.04 Å². The summed E-state index contributed by atoms with van der Waals surface area (Å²) in [4.78, 5) is 4.50. The summed E-state index contributed by atoms with van der Waals surface area (Å²) in [7, 11) is -0.728. The van der Waals surface area contributed by atoms with Gasteiger partial charge in [-0.05, 0) is 25.7 Å². The van der Waals surface area contributed by atoms with E-state index in [4.69, 9.17) is 0 Å². The first-order valence-corrected chi connectivity index (χ1v) is 8.03. The van der Waals surface area contributed by atoms with Crippen LogP contribution in [0.5, 0.6) is 0 Å². The molecule has 15 heavy (non-hydrogen) atoms. The molecule has 1 N–H and O–H groups in total. The number of rotatable bonds is 4. The molecule has 5 heteroatoms. The highest BCUT2D eigenvalue weighted by molar-refractivity contribution is 8.14. The van der Waals surface area contributed by atoms with Crippen LogP contribution in [0, 0.1) is 5.92 Å². The Bertz CT molecular complexity index is 289. The van der Waals surface area contributed by atoms with Gasteiger partial charge >= 0.3 is 0 Å². The van der Waals surface area contributed by atoms with Crippen LogP contribution in [0.25, 0.3) is 0 Å². The zero-order valence-electron chi connectivity index (χ0n) is 9.23. The summed E-state index contributed by atoms with van der Waals surface area (Å²) in [6.07, 6.45) is 4.51. The van der Waals surface area contributed by atoms with Crippen molar-refractivity contribution >= 4 is 27.7 Å². The van der Waals surface area contributed by atoms with Gasteiger partial charge in [0.1, 0.15) is 0 Å². The topological polar surface area (TPSA) is 41.5 Å². The molecular weight excluding hydrogens is 228 g/mol. The van der Waals surface area contributed by atoms with Crippen molar-refractivity contribution < 1.29 is 4.21 Å². The maximum Gasteiger partial charge on any atom is 0.157 e. The Hall–Kier alpha value is -0.0300. The van der Waals surface area contributed by atoms with Crippen molar-refractivity contribution in [1.29, 1.82) is 0 Å². The van der Waals surface area contributed by atoms with Crippen molar-refractivity contribution in [3.63, 3.8) is 0 Å². The summed E-state index contributed by atoms with van der Waals surface area (Å²) >= 11 is 1.88. The number of aliphatic imine (C=N–C) groups is 1. The maximum atomic E-state index is 11.0. The van der Waals surface area contributed by atoms with Crippen LogP contribution in [0.3, 0.4) is 0 Å². The predicted octanol–water partition coefficient (Wildman–Crippen LogP) is 1.22. The van der Waals surface area contributed by atoms with Gasteiger partial charge in [0.05, 0.1) is 6.54 Å². The summed E-state index contributed by atoms with van der Waals surface area (Å²) in [5, 5.41) is 5.12. The second-order valence-corrected chi connectivity index (χ2v) is 7.13. The SMILES string of the molecule is CC(CS(C)=O)NC1=NCC(C2CC2)S1. The highest BCUT2D eigenvalue weighted by Crippen LogP contribution is 2.41. The average Bonchev–Trinajstić information content (AvgIpc) is 2.87. The molecule has 3 nitrogen and oxygen atoms in total. The van der Waals surface area contributed by atoms with Gasteiger partial charge in [-0.2, -0.15) is 0 Å². The Labute approximate surface area is 98.0 Å². The number of nitrogens with zero attached hydrogens (tertiary/aromatic N) is 1. The summed E-state index contributed by atoms with van der Waals surface area (Å²) in [5.74, 6) is 1.61. The van der Waals surface area contributed by atoms with Crippen LogP contribution in [0.15, 0.2) is 4.99 Å². The molecule has 3 unspecified atom stereocenters. The minimum absolute atomic E-state index is 0.264. The van der Waals surface area contributed by atoms with E-state index in [0.717, 1.165) is 17.6 Å². The number of hydrogen-bond donors (Lipinski definition) is 1. The summed E-state index contributed by atoms with van der Waals surface area (Å²) in [6.45, 7) is 3.04.